The van der Waals surface area contributed by atoms with E-state index in [0.29, 0.717) is 27.9 Å². The Morgan fingerprint density at radius 3 is 2.65 bits per heavy atom. The minimum atomic E-state index is -0.319. The second-order valence-corrected chi connectivity index (χ2v) is 6.55. The maximum atomic E-state index is 12.4. The van der Waals surface area contributed by atoms with Gasteiger partial charge in [-0.25, -0.2) is 0 Å². The van der Waals surface area contributed by atoms with E-state index in [9.17, 15) is 4.79 Å². The fraction of sp³-hybridized carbons (Fsp3) is 0.105. The molecule has 0 spiro atoms. The second-order valence-electron chi connectivity index (χ2n) is 5.71. The summed E-state index contributed by atoms with van der Waals surface area (Å²) < 4.78 is 0. The van der Waals surface area contributed by atoms with Crippen LogP contribution in [0.25, 0.3) is 10.9 Å². The molecular formula is C19H17ClN4OS. The highest BCUT2D eigenvalue weighted by molar-refractivity contribution is 7.80. The number of aromatic nitrogens is 1. The predicted molar refractivity (Wildman–Crippen MR) is 108 cm³/mol. The van der Waals surface area contributed by atoms with E-state index in [0.717, 1.165) is 16.5 Å². The SMILES string of the molecule is Cc1nc2ccc(Cl)cc2cc1C(=O)NNC(=S)NCc1ccccc1. The molecule has 0 unspecified atom stereocenters. The van der Waals surface area contributed by atoms with Crippen LogP contribution < -0.4 is 16.2 Å². The number of hydrogen-bond donors (Lipinski definition) is 3. The van der Waals surface area contributed by atoms with Gasteiger partial charge < -0.3 is 5.32 Å². The fourth-order valence-corrected chi connectivity index (χ4v) is 2.78. The Labute approximate surface area is 161 Å². The summed E-state index contributed by atoms with van der Waals surface area (Å²) in [6, 6.07) is 17.0. The van der Waals surface area contributed by atoms with Crippen LogP contribution >= 0.6 is 23.8 Å². The number of amides is 1. The molecule has 1 aromatic heterocycles. The zero-order valence-electron chi connectivity index (χ0n) is 14.0. The molecule has 132 valence electrons. The largest absolute Gasteiger partial charge is 0.357 e. The first-order valence-electron chi connectivity index (χ1n) is 7.98. The number of benzene rings is 2. The van der Waals surface area contributed by atoms with Crippen molar-refractivity contribution in [3.8, 4) is 0 Å². The van der Waals surface area contributed by atoms with Crippen molar-refractivity contribution >= 4 is 45.7 Å². The van der Waals surface area contributed by atoms with Crippen LogP contribution in [0.15, 0.2) is 54.6 Å². The Bertz CT molecular complexity index is 962. The Balaban J connectivity index is 1.61. The average Bonchev–Trinajstić information content (AvgIpc) is 2.65. The van der Waals surface area contributed by atoms with Crippen LogP contribution in [0.3, 0.4) is 0 Å². The maximum absolute atomic E-state index is 12.4. The molecule has 0 fully saturated rings. The van der Waals surface area contributed by atoms with Crippen LogP contribution in [-0.4, -0.2) is 16.0 Å². The number of nitrogens with one attached hydrogen (secondary N) is 3. The molecule has 0 saturated heterocycles. The fourth-order valence-electron chi connectivity index (χ4n) is 2.48. The zero-order valence-corrected chi connectivity index (χ0v) is 15.6. The third-order valence-corrected chi connectivity index (χ3v) is 4.28. The standard InChI is InChI=1S/C19H17ClN4OS/c1-12-16(10-14-9-15(20)7-8-17(14)22-12)18(25)23-24-19(26)21-11-13-5-3-2-4-6-13/h2-10H,11H2,1H3,(H,23,25)(H2,21,24,26). The Morgan fingerprint density at radius 2 is 1.88 bits per heavy atom. The number of hydrogen-bond acceptors (Lipinski definition) is 3. The van der Waals surface area contributed by atoms with Gasteiger partial charge >= 0.3 is 0 Å². The zero-order chi connectivity index (χ0) is 18.5. The van der Waals surface area contributed by atoms with Crippen molar-refractivity contribution in [2.24, 2.45) is 0 Å². The van der Waals surface area contributed by atoms with Gasteiger partial charge in [-0.15, -0.1) is 0 Å². The van der Waals surface area contributed by atoms with Crippen LogP contribution in [0.5, 0.6) is 0 Å². The lowest BCUT2D eigenvalue weighted by molar-refractivity contribution is 0.0943. The average molecular weight is 385 g/mol. The molecule has 0 aliphatic rings. The lowest BCUT2D eigenvalue weighted by atomic mass is 10.1. The Hall–Kier alpha value is -2.70. The molecule has 26 heavy (non-hydrogen) atoms. The van der Waals surface area contributed by atoms with Gasteiger partial charge in [0.1, 0.15) is 0 Å². The van der Waals surface area contributed by atoms with Gasteiger partial charge in [0.15, 0.2) is 5.11 Å². The summed E-state index contributed by atoms with van der Waals surface area (Å²) in [4.78, 5) is 16.9. The molecule has 1 amide bonds. The minimum Gasteiger partial charge on any atom is -0.357 e. The predicted octanol–water partition coefficient (Wildman–Crippen LogP) is 3.51. The molecule has 0 bridgehead atoms. The van der Waals surface area contributed by atoms with Gasteiger partial charge in [-0.3, -0.25) is 20.6 Å². The van der Waals surface area contributed by atoms with E-state index < -0.39 is 0 Å². The number of rotatable bonds is 3. The van der Waals surface area contributed by atoms with Gasteiger partial charge in [-0.2, -0.15) is 0 Å². The lowest BCUT2D eigenvalue weighted by Gasteiger charge is -2.13. The first-order chi connectivity index (χ1) is 12.5. The van der Waals surface area contributed by atoms with Crippen molar-refractivity contribution in [2.75, 3.05) is 0 Å². The third kappa shape index (κ3) is 4.47. The summed E-state index contributed by atoms with van der Waals surface area (Å²) in [5.41, 5.74) is 8.26. The first kappa shape index (κ1) is 18.1. The van der Waals surface area contributed by atoms with Gasteiger partial charge in [0.05, 0.1) is 16.8 Å². The number of hydrazine groups is 1. The summed E-state index contributed by atoms with van der Waals surface area (Å²) in [5.74, 6) is -0.319. The molecule has 0 radical (unpaired) electrons. The van der Waals surface area contributed by atoms with E-state index in [1.165, 1.54) is 0 Å². The van der Waals surface area contributed by atoms with E-state index in [1.807, 2.05) is 36.4 Å². The van der Waals surface area contributed by atoms with Crippen LogP contribution in [0.1, 0.15) is 21.6 Å². The number of carbonyl (C=O) groups excluding carboxylic acids is 1. The van der Waals surface area contributed by atoms with Crippen molar-refractivity contribution in [2.45, 2.75) is 13.5 Å². The molecule has 7 heteroatoms. The van der Waals surface area contributed by atoms with Gasteiger partial charge in [-0.05, 0) is 49.0 Å². The molecule has 0 atom stereocenters. The highest BCUT2D eigenvalue weighted by Gasteiger charge is 2.12. The molecule has 0 aliphatic heterocycles. The Kier molecular flexibility index (Phi) is 5.65. The number of halogens is 1. The summed E-state index contributed by atoms with van der Waals surface area (Å²) >= 11 is 11.2. The topological polar surface area (TPSA) is 66.0 Å². The van der Waals surface area contributed by atoms with E-state index in [4.69, 9.17) is 23.8 Å². The number of carbonyl (C=O) groups is 1. The number of thiocarbonyl (C=S) groups is 1. The lowest BCUT2D eigenvalue weighted by Crippen LogP contribution is -2.46. The number of pyridine rings is 1. The number of nitrogens with zero attached hydrogens (tertiary/aromatic N) is 1. The van der Waals surface area contributed by atoms with E-state index in [1.54, 1.807) is 25.1 Å². The van der Waals surface area contributed by atoms with Crippen molar-refractivity contribution < 1.29 is 4.79 Å². The van der Waals surface area contributed by atoms with Gasteiger partial charge in [0.25, 0.3) is 5.91 Å². The quantitative estimate of drug-likeness (QED) is 0.476. The minimum absolute atomic E-state index is 0.319. The maximum Gasteiger partial charge on any atom is 0.271 e. The monoisotopic (exact) mass is 384 g/mol. The molecule has 1 heterocycles. The summed E-state index contributed by atoms with van der Waals surface area (Å²) in [5, 5.41) is 4.76. The van der Waals surface area contributed by atoms with E-state index in [2.05, 4.69) is 21.2 Å². The third-order valence-electron chi connectivity index (χ3n) is 3.80. The summed E-state index contributed by atoms with van der Waals surface area (Å²) in [6.45, 7) is 2.35. The smallest absolute Gasteiger partial charge is 0.271 e. The molecule has 3 N–H and O–H groups in total. The highest BCUT2D eigenvalue weighted by atomic mass is 35.5. The van der Waals surface area contributed by atoms with Gasteiger partial charge in [0, 0.05) is 17.0 Å². The van der Waals surface area contributed by atoms with Crippen LogP contribution in [0, 0.1) is 6.92 Å². The molecule has 2 aromatic carbocycles. The van der Waals surface area contributed by atoms with Crippen LogP contribution in [0.2, 0.25) is 5.02 Å². The molecule has 0 saturated carbocycles. The molecule has 3 aromatic rings. The van der Waals surface area contributed by atoms with Crippen molar-refractivity contribution in [3.05, 3.63) is 76.4 Å². The highest BCUT2D eigenvalue weighted by Crippen LogP contribution is 2.20. The number of aryl methyl sites for hydroxylation is 1. The van der Waals surface area contributed by atoms with E-state index in [-0.39, 0.29) is 5.91 Å². The summed E-state index contributed by atoms with van der Waals surface area (Å²) in [6.07, 6.45) is 0. The molecule has 3 rings (SSSR count). The van der Waals surface area contributed by atoms with Crippen molar-refractivity contribution in [1.29, 1.82) is 0 Å². The first-order valence-corrected chi connectivity index (χ1v) is 8.76. The molecule has 0 aliphatic carbocycles. The van der Waals surface area contributed by atoms with Crippen molar-refractivity contribution in [1.82, 2.24) is 21.2 Å². The summed E-state index contributed by atoms with van der Waals surface area (Å²) in [7, 11) is 0. The van der Waals surface area contributed by atoms with Gasteiger partial charge in [-0.1, -0.05) is 41.9 Å². The normalized spacial score (nSPS) is 10.4. The second kappa shape index (κ2) is 8.12. The van der Waals surface area contributed by atoms with Gasteiger partial charge in [0.2, 0.25) is 0 Å². The molecular weight excluding hydrogens is 368 g/mol. The van der Waals surface area contributed by atoms with Crippen LogP contribution in [-0.2, 0) is 6.54 Å². The van der Waals surface area contributed by atoms with E-state index >= 15 is 0 Å². The molecule has 5 nitrogen and oxygen atoms in total. The number of fused-ring (bicyclic) bond motifs is 1. The Morgan fingerprint density at radius 1 is 1.12 bits per heavy atom. The van der Waals surface area contributed by atoms with Crippen LogP contribution in [0.4, 0.5) is 0 Å². The van der Waals surface area contributed by atoms with Crippen molar-refractivity contribution in [3.63, 3.8) is 0 Å².